The van der Waals surface area contributed by atoms with Gasteiger partial charge in [-0.2, -0.15) is 0 Å². The van der Waals surface area contributed by atoms with E-state index in [0.29, 0.717) is 0 Å². The van der Waals surface area contributed by atoms with Gasteiger partial charge < -0.3 is 14.7 Å². The van der Waals surface area contributed by atoms with E-state index in [1.807, 2.05) is 20.9 Å². The molecule has 1 fully saturated rings. The summed E-state index contributed by atoms with van der Waals surface area (Å²) in [7, 11) is 1.86. The van der Waals surface area contributed by atoms with Crippen molar-refractivity contribution in [2.75, 3.05) is 26.7 Å². The number of hydrogen-bond donors (Lipinski definition) is 1. The van der Waals surface area contributed by atoms with Crippen molar-refractivity contribution in [3.8, 4) is 0 Å². The molecular weight excluding hydrogens is 252 g/mol. The number of hydrogen-bond acceptors (Lipinski definition) is 3. The minimum absolute atomic E-state index is 0.755. The van der Waals surface area contributed by atoms with Crippen molar-refractivity contribution in [2.24, 2.45) is 10.9 Å². The highest BCUT2D eigenvalue weighted by Gasteiger charge is 2.19. The number of guanidine groups is 1. The molecule has 5 nitrogen and oxygen atoms in total. The molecule has 0 saturated carbocycles. The maximum Gasteiger partial charge on any atom is 0.193 e. The van der Waals surface area contributed by atoms with Crippen molar-refractivity contribution in [3.63, 3.8) is 0 Å². The molecule has 1 unspecified atom stereocenters. The Morgan fingerprint density at radius 3 is 2.90 bits per heavy atom. The minimum Gasteiger partial charge on any atom is -0.361 e. The number of aromatic nitrogens is 1. The average molecular weight is 278 g/mol. The zero-order chi connectivity index (χ0) is 14.5. The molecule has 2 heterocycles. The summed E-state index contributed by atoms with van der Waals surface area (Å²) in [6, 6.07) is 0. The third kappa shape index (κ3) is 3.52. The van der Waals surface area contributed by atoms with Crippen LogP contribution in [0.1, 0.15) is 36.8 Å². The van der Waals surface area contributed by atoms with Crippen LogP contribution in [0.15, 0.2) is 9.52 Å². The maximum atomic E-state index is 5.19. The van der Waals surface area contributed by atoms with Gasteiger partial charge in [0.15, 0.2) is 5.96 Å². The Balaban J connectivity index is 1.85. The van der Waals surface area contributed by atoms with Gasteiger partial charge in [0, 0.05) is 32.2 Å². The predicted molar refractivity (Wildman–Crippen MR) is 81.0 cm³/mol. The molecule has 1 atom stereocenters. The van der Waals surface area contributed by atoms with Crippen LogP contribution in [0.2, 0.25) is 0 Å². The average Bonchev–Trinajstić information content (AvgIpc) is 2.75. The van der Waals surface area contributed by atoms with Crippen molar-refractivity contribution in [1.82, 2.24) is 15.4 Å². The Kier molecular flexibility index (Phi) is 5.04. The van der Waals surface area contributed by atoms with Gasteiger partial charge in [0.05, 0.1) is 5.69 Å². The van der Waals surface area contributed by atoms with Gasteiger partial charge in [-0.3, -0.25) is 4.99 Å². The van der Waals surface area contributed by atoms with Gasteiger partial charge in [-0.05, 0) is 39.0 Å². The summed E-state index contributed by atoms with van der Waals surface area (Å²) in [5.41, 5.74) is 2.20. The third-order valence-electron chi connectivity index (χ3n) is 4.01. The van der Waals surface area contributed by atoms with Gasteiger partial charge in [0.1, 0.15) is 5.76 Å². The zero-order valence-corrected chi connectivity index (χ0v) is 13.1. The lowest BCUT2D eigenvalue weighted by Crippen LogP contribution is -2.46. The van der Waals surface area contributed by atoms with Crippen molar-refractivity contribution in [3.05, 3.63) is 17.0 Å². The van der Waals surface area contributed by atoms with E-state index >= 15 is 0 Å². The van der Waals surface area contributed by atoms with Crippen LogP contribution in [0.5, 0.6) is 0 Å². The van der Waals surface area contributed by atoms with E-state index in [2.05, 4.69) is 27.3 Å². The van der Waals surface area contributed by atoms with Crippen LogP contribution in [-0.2, 0) is 6.42 Å². The number of nitrogens with zero attached hydrogens (tertiary/aromatic N) is 3. The fourth-order valence-electron chi connectivity index (χ4n) is 2.87. The molecule has 5 heteroatoms. The van der Waals surface area contributed by atoms with E-state index in [4.69, 9.17) is 4.52 Å². The highest BCUT2D eigenvalue weighted by Crippen LogP contribution is 2.15. The summed E-state index contributed by atoms with van der Waals surface area (Å²) in [6.45, 7) is 9.34. The van der Waals surface area contributed by atoms with E-state index in [9.17, 15) is 0 Å². The first-order valence-electron chi connectivity index (χ1n) is 7.49. The third-order valence-corrected chi connectivity index (χ3v) is 4.01. The van der Waals surface area contributed by atoms with Gasteiger partial charge in [0.25, 0.3) is 0 Å². The number of nitrogens with one attached hydrogen (secondary N) is 1. The van der Waals surface area contributed by atoms with Crippen LogP contribution in [-0.4, -0.2) is 42.7 Å². The van der Waals surface area contributed by atoms with Gasteiger partial charge >= 0.3 is 0 Å². The second-order valence-corrected chi connectivity index (χ2v) is 5.72. The van der Waals surface area contributed by atoms with Gasteiger partial charge in [-0.15, -0.1) is 0 Å². The zero-order valence-electron chi connectivity index (χ0n) is 13.1. The first-order valence-corrected chi connectivity index (χ1v) is 7.49. The minimum atomic E-state index is 0.755. The topological polar surface area (TPSA) is 53.7 Å². The molecule has 2 rings (SSSR count). The predicted octanol–water partition coefficient (Wildman–Crippen LogP) is 2.14. The van der Waals surface area contributed by atoms with E-state index in [-0.39, 0.29) is 0 Å². The molecule has 1 aromatic heterocycles. The monoisotopic (exact) mass is 278 g/mol. The van der Waals surface area contributed by atoms with Gasteiger partial charge in [-0.1, -0.05) is 12.1 Å². The van der Waals surface area contributed by atoms with Crippen molar-refractivity contribution in [1.29, 1.82) is 0 Å². The van der Waals surface area contributed by atoms with Crippen LogP contribution in [0.3, 0.4) is 0 Å². The van der Waals surface area contributed by atoms with Gasteiger partial charge in [0.2, 0.25) is 0 Å². The van der Waals surface area contributed by atoms with Crippen LogP contribution < -0.4 is 5.32 Å². The second-order valence-electron chi connectivity index (χ2n) is 5.72. The SMILES string of the molecule is CN=C(NCCc1c(C)noc1C)N1CCCC(C)C1. The van der Waals surface area contributed by atoms with Crippen LogP contribution in [0.4, 0.5) is 0 Å². The fraction of sp³-hybridized carbons (Fsp3) is 0.733. The Labute approximate surface area is 121 Å². The quantitative estimate of drug-likeness (QED) is 0.680. The lowest BCUT2D eigenvalue weighted by atomic mass is 10.0. The first-order chi connectivity index (χ1) is 9.61. The molecule has 0 aromatic carbocycles. The molecule has 0 spiro atoms. The normalized spacial score (nSPS) is 20.3. The van der Waals surface area contributed by atoms with Crippen molar-refractivity contribution >= 4 is 5.96 Å². The molecule has 112 valence electrons. The molecule has 0 aliphatic carbocycles. The summed E-state index contributed by atoms with van der Waals surface area (Å²) in [5.74, 6) is 2.69. The van der Waals surface area contributed by atoms with Gasteiger partial charge in [-0.25, -0.2) is 0 Å². The molecule has 0 bridgehead atoms. The summed E-state index contributed by atoms with van der Waals surface area (Å²) >= 11 is 0. The number of likely N-dealkylation sites (tertiary alicyclic amines) is 1. The van der Waals surface area contributed by atoms with E-state index in [1.165, 1.54) is 18.4 Å². The van der Waals surface area contributed by atoms with Crippen LogP contribution in [0, 0.1) is 19.8 Å². The number of rotatable bonds is 3. The van der Waals surface area contributed by atoms with Crippen molar-refractivity contribution < 1.29 is 4.52 Å². The molecule has 1 aliphatic heterocycles. The first kappa shape index (κ1) is 14.9. The second kappa shape index (κ2) is 6.77. The Hall–Kier alpha value is -1.52. The smallest absolute Gasteiger partial charge is 0.193 e. The van der Waals surface area contributed by atoms with E-state index < -0.39 is 0 Å². The Bertz CT molecular complexity index is 447. The van der Waals surface area contributed by atoms with E-state index in [0.717, 1.165) is 49.4 Å². The Morgan fingerprint density at radius 2 is 2.30 bits per heavy atom. The molecule has 1 saturated heterocycles. The largest absolute Gasteiger partial charge is 0.361 e. The van der Waals surface area contributed by atoms with Crippen molar-refractivity contribution in [2.45, 2.75) is 40.0 Å². The van der Waals surface area contributed by atoms with Crippen LogP contribution in [0.25, 0.3) is 0 Å². The molecule has 1 aliphatic rings. The summed E-state index contributed by atoms with van der Waals surface area (Å²) < 4.78 is 5.19. The lowest BCUT2D eigenvalue weighted by Gasteiger charge is -2.33. The molecule has 0 radical (unpaired) electrons. The number of aryl methyl sites for hydroxylation is 2. The Morgan fingerprint density at radius 1 is 1.50 bits per heavy atom. The summed E-state index contributed by atoms with van der Waals surface area (Å²) in [5, 5.41) is 7.45. The fourth-order valence-corrected chi connectivity index (χ4v) is 2.87. The molecule has 20 heavy (non-hydrogen) atoms. The number of piperidine rings is 1. The summed E-state index contributed by atoms with van der Waals surface area (Å²) in [4.78, 5) is 6.76. The molecular formula is C15H26N4O. The van der Waals surface area contributed by atoms with Crippen LogP contribution >= 0.6 is 0 Å². The highest BCUT2D eigenvalue weighted by atomic mass is 16.5. The standard InChI is InChI=1S/C15H26N4O/c1-11-6-5-9-19(10-11)15(16-4)17-8-7-14-12(2)18-20-13(14)3/h11H,5-10H2,1-4H3,(H,16,17). The maximum absolute atomic E-state index is 5.19. The highest BCUT2D eigenvalue weighted by molar-refractivity contribution is 5.80. The molecule has 1 N–H and O–H groups in total. The summed E-state index contributed by atoms with van der Waals surface area (Å²) in [6.07, 6.45) is 3.50. The van der Waals surface area contributed by atoms with E-state index in [1.54, 1.807) is 0 Å². The molecule has 1 aromatic rings. The lowest BCUT2D eigenvalue weighted by molar-refractivity contribution is 0.266. The number of aliphatic imine (C=N–C) groups is 1. The molecule has 0 amide bonds.